The summed E-state index contributed by atoms with van der Waals surface area (Å²) in [7, 11) is 1.54. The normalized spacial score (nSPS) is 12.0. The fourth-order valence-corrected chi connectivity index (χ4v) is 0.691. The van der Waals surface area contributed by atoms with E-state index in [-0.39, 0.29) is 0 Å². The standard InChI is InChI=1S/C6H8F2N2O/c1-10-3-2-5(9-10)6(7,8)4-11/h2-3,11H,4H2,1H3. The van der Waals surface area contributed by atoms with E-state index in [1.807, 2.05) is 0 Å². The van der Waals surface area contributed by atoms with Crippen LogP contribution in [0.25, 0.3) is 0 Å². The molecule has 1 heterocycles. The van der Waals surface area contributed by atoms with E-state index in [9.17, 15) is 8.78 Å². The highest BCUT2D eigenvalue weighted by atomic mass is 19.3. The first-order valence-electron chi connectivity index (χ1n) is 3.05. The summed E-state index contributed by atoms with van der Waals surface area (Å²) in [5.74, 6) is -3.22. The van der Waals surface area contributed by atoms with Crippen LogP contribution >= 0.6 is 0 Å². The molecule has 0 atom stereocenters. The van der Waals surface area contributed by atoms with Crippen LogP contribution in [-0.2, 0) is 13.0 Å². The number of halogens is 2. The molecule has 0 bridgehead atoms. The van der Waals surface area contributed by atoms with E-state index in [0.717, 1.165) is 0 Å². The van der Waals surface area contributed by atoms with Gasteiger partial charge in [0, 0.05) is 13.2 Å². The third kappa shape index (κ3) is 1.54. The zero-order valence-electron chi connectivity index (χ0n) is 5.96. The summed E-state index contributed by atoms with van der Waals surface area (Å²) in [4.78, 5) is 0. The first-order valence-corrected chi connectivity index (χ1v) is 3.05. The second kappa shape index (κ2) is 2.58. The van der Waals surface area contributed by atoms with Gasteiger partial charge in [0.1, 0.15) is 12.3 Å². The molecule has 3 nitrogen and oxygen atoms in total. The lowest BCUT2D eigenvalue weighted by atomic mass is 10.2. The number of aryl methyl sites for hydroxylation is 1. The van der Waals surface area contributed by atoms with Gasteiger partial charge in [-0.3, -0.25) is 4.68 Å². The van der Waals surface area contributed by atoms with E-state index in [1.54, 1.807) is 0 Å². The number of aliphatic hydroxyl groups is 1. The highest BCUT2D eigenvalue weighted by molar-refractivity contribution is 5.06. The molecule has 62 valence electrons. The third-order valence-corrected chi connectivity index (χ3v) is 1.29. The van der Waals surface area contributed by atoms with Crippen molar-refractivity contribution in [2.45, 2.75) is 5.92 Å². The third-order valence-electron chi connectivity index (χ3n) is 1.29. The second-order valence-electron chi connectivity index (χ2n) is 2.24. The van der Waals surface area contributed by atoms with Gasteiger partial charge < -0.3 is 5.11 Å². The second-order valence-corrected chi connectivity index (χ2v) is 2.24. The first-order chi connectivity index (χ1) is 5.06. The molecule has 0 aromatic carbocycles. The quantitative estimate of drug-likeness (QED) is 0.687. The van der Waals surface area contributed by atoms with Crippen molar-refractivity contribution in [1.29, 1.82) is 0 Å². The Hall–Kier alpha value is -0.970. The number of hydrogen-bond donors (Lipinski definition) is 1. The first kappa shape index (κ1) is 8.13. The number of nitrogens with zero attached hydrogens (tertiary/aromatic N) is 2. The molecule has 0 saturated heterocycles. The molecule has 0 unspecified atom stereocenters. The molecule has 0 amide bonds. The average molecular weight is 162 g/mol. The molecule has 5 heteroatoms. The van der Waals surface area contributed by atoms with Crippen molar-refractivity contribution in [2.75, 3.05) is 6.61 Å². The minimum atomic E-state index is -3.22. The lowest BCUT2D eigenvalue weighted by Crippen LogP contribution is -2.19. The highest BCUT2D eigenvalue weighted by Crippen LogP contribution is 2.24. The minimum absolute atomic E-state index is 0.400. The van der Waals surface area contributed by atoms with Crippen molar-refractivity contribution in [2.24, 2.45) is 7.05 Å². The maximum atomic E-state index is 12.6. The number of alkyl halides is 2. The molecule has 0 aliphatic carbocycles. The Balaban J connectivity index is 2.92. The molecule has 1 N–H and O–H groups in total. The van der Waals surface area contributed by atoms with E-state index in [1.165, 1.54) is 24.0 Å². The van der Waals surface area contributed by atoms with Crippen LogP contribution in [0.4, 0.5) is 8.78 Å². The summed E-state index contributed by atoms with van der Waals surface area (Å²) in [6, 6.07) is 1.18. The minimum Gasteiger partial charge on any atom is -0.390 e. The summed E-state index contributed by atoms with van der Waals surface area (Å²) in [6.45, 7) is -1.20. The zero-order valence-corrected chi connectivity index (χ0v) is 5.96. The van der Waals surface area contributed by atoms with Gasteiger partial charge in [-0.2, -0.15) is 13.9 Å². The van der Waals surface area contributed by atoms with Crippen molar-refractivity contribution in [3.63, 3.8) is 0 Å². The summed E-state index contributed by atoms with van der Waals surface area (Å²) in [6.07, 6.45) is 1.40. The predicted octanol–water partition coefficient (Wildman–Crippen LogP) is 0.504. The summed E-state index contributed by atoms with van der Waals surface area (Å²) < 4.78 is 26.4. The Labute approximate surface area is 62.3 Å². The van der Waals surface area contributed by atoms with Gasteiger partial charge in [0.25, 0.3) is 0 Å². The monoisotopic (exact) mass is 162 g/mol. The molecule has 0 aliphatic heterocycles. The molecule has 1 aromatic rings. The van der Waals surface area contributed by atoms with E-state index >= 15 is 0 Å². The molecule has 1 aromatic heterocycles. The van der Waals surface area contributed by atoms with Gasteiger partial charge in [0.2, 0.25) is 0 Å². The topological polar surface area (TPSA) is 38.0 Å². The van der Waals surface area contributed by atoms with E-state index in [0.29, 0.717) is 0 Å². The van der Waals surface area contributed by atoms with E-state index < -0.39 is 18.2 Å². The van der Waals surface area contributed by atoms with Crippen LogP contribution in [0.1, 0.15) is 5.69 Å². The summed E-state index contributed by atoms with van der Waals surface area (Å²) in [5.41, 5.74) is -0.400. The van der Waals surface area contributed by atoms with Gasteiger partial charge in [-0.1, -0.05) is 0 Å². The van der Waals surface area contributed by atoms with Gasteiger partial charge in [-0.15, -0.1) is 0 Å². The fourth-order valence-electron chi connectivity index (χ4n) is 0.691. The molecule has 0 aliphatic rings. The van der Waals surface area contributed by atoms with Crippen LogP contribution in [0, 0.1) is 0 Å². The van der Waals surface area contributed by atoms with Crippen LogP contribution in [-0.4, -0.2) is 21.5 Å². The fraction of sp³-hybridized carbons (Fsp3) is 0.500. The van der Waals surface area contributed by atoms with Gasteiger partial charge in [-0.25, -0.2) is 0 Å². The number of rotatable bonds is 2. The van der Waals surface area contributed by atoms with Crippen LogP contribution < -0.4 is 0 Å². The molecule has 0 saturated carbocycles. The van der Waals surface area contributed by atoms with Gasteiger partial charge >= 0.3 is 5.92 Å². The maximum Gasteiger partial charge on any atom is 0.313 e. The van der Waals surface area contributed by atoms with Crippen molar-refractivity contribution in [3.8, 4) is 0 Å². The van der Waals surface area contributed by atoms with E-state index in [4.69, 9.17) is 5.11 Å². The lowest BCUT2D eigenvalue weighted by Gasteiger charge is -2.08. The van der Waals surface area contributed by atoms with Gasteiger partial charge in [0.05, 0.1) is 0 Å². The molecule has 0 fully saturated rings. The average Bonchev–Trinajstić information content (AvgIpc) is 2.36. The highest BCUT2D eigenvalue weighted by Gasteiger charge is 2.32. The van der Waals surface area contributed by atoms with Crippen molar-refractivity contribution in [3.05, 3.63) is 18.0 Å². The van der Waals surface area contributed by atoms with Crippen LogP contribution in [0.2, 0.25) is 0 Å². The SMILES string of the molecule is Cn1ccc(C(F)(F)CO)n1. The van der Waals surface area contributed by atoms with Crippen molar-refractivity contribution >= 4 is 0 Å². The largest absolute Gasteiger partial charge is 0.390 e. The van der Waals surface area contributed by atoms with Crippen LogP contribution in [0.5, 0.6) is 0 Å². The number of hydrogen-bond acceptors (Lipinski definition) is 2. The smallest absolute Gasteiger partial charge is 0.313 e. The predicted molar refractivity (Wildman–Crippen MR) is 34.2 cm³/mol. The molecular weight excluding hydrogens is 154 g/mol. The Morgan fingerprint density at radius 1 is 1.73 bits per heavy atom. The van der Waals surface area contributed by atoms with Gasteiger partial charge in [-0.05, 0) is 6.07 Å². The van der Waals surface area contributed by atoms with E-state index in [2.05, 4.69) is 5.10 Å². The van der Waals surface area contributed by atoms with Gasteiger partial charge in [0.15, 0.2) is 0 Å². The summed E-state index contributed by atoms with van der Waals surface area (Å²) >= 11 is 0. The van der Waals surface area contributed by atoms with Crippen LogP contribution in [0.15, 0.2) is 12.3 Å². The molecule has 0 spiro atoms. The summed E-state index contributed by atoms with van der Waals surface area (Å²) in [5, 5.41) is 11.7. The lowest BCUT2D eigenvalue weighted by molar-refractivity contribution is -0.0595. The zero-order chi connectivity index (χ0) is 8.48. The Kier molecular flexibility index (Phi) is 1.90. The van der Waals surface area contributed by atoms with Crippen molar-refractivity contribution < 1.29 is 13.9 Å². The van der Waals surface area contributed by atoms with Crippen LogP contribution in [0.3, 0.4) is 0 Å². The Morgan fingerprint density at radius 2 is 2.36 bits per heavy atom. The Morgan fingerprint density at radius 3 is 2.73 bits per heavy atom. The Bertz CT molecular complexity index is 246. The van der Waals surface area contributed by atoms with Crippen molar-refractivity contribution in [1.82, 2.24) is 9.78 Å². The maximum absolute atomic E-state index is 12.6. The molecule has 1 rings (SSSR count). The number of aliphatic hydroxyl groups excluding tert-OH is 1. The molecule has 11 heavy (non-hydrogen) atoms. The molecular formula is C6H8F2N2O. The molecule has 0 radical (unpaired) electrons. The number of aromatic nitrogens is 2.